The summed E-state index contributed by atoms with van der Waals surface area (Å²) in [6.07, 6.45) is 2.09. The highest BCUT2D eigenvalue weighted by molar-refractivity contribution is 6.15. The molecule has 0 aliphatic carbocycles. The SMILES string of the molecule is [NH]C(=O)[CH]N1C(=O)C=CC1=O. The Kier molecular flexibility index (Phi) is 1.72. The maximum atomic E-state index is 10.7. The van der Waals surface area contributed by atoms with E-state index in [0.717, 1.165) is 12.2 Å². The number of hydrogen-bond acceptors (Lipinski definition) is 3. The van der Waals surface area contributed by atoms with E-state index in [2.05, 4.69) is 0 Å². The van der Waals surface area contributed by atoms with E-state index in [0.29, 0.717) is 11.4 Å². The van der Waals surface area contributed by atoms with Crippen LogP contribution in [0.25, 0.3) is 0 Å². The van der Waals surface area contributed by atoms with Gasteiger partial charge < -0.3 is 0 Å². The number of hydrogen-bond donors (Lipinski definition) is 0. The average Bonchev–Trinajstić information content (AvgIpc) is 2.18. The number of nitrogens with one attached hydrogen (secondary N) is 1. The maximum Gasteiger partial charge on any atom is 0.264 e. The van der Waals surface area contributed by atoms with Crippen molar-refractivity contribution in [2.45, 2.75) is 0 Å². The van der Waals surface area contributed by atoms with Crippen LogP contribution < -0.4 is 5.73 Å². The molecule has 5 nitrogen and oxygen atoms in total. The van der Waals surface area contributed by atoms with Gasteiger partial charge >= 0.3 is 0 Å². The van der Waals surface area contributed by atoms with Gasteiger partial charge in [-0.15, -0.1) is 0 Å². The average molecular weight is 152 g/mol. The van der Waals surface area contributed by atoms with Crippen LogP contribution >= 0.6 is 0 Å². The summed E-state index contributed by atoms with van der Waals surface area (Å²) in [5.41, 5.74) is 6.45. The minimum Gasteiger partial charge on any atom is -0.271 e. The summed E-state index contributed by atoms with van der Waals surface area (Å²) in [4.78, 5) is 32.1. The zero-order valence-electron chi connectivity index (χ0n) is 5.40. The molecule has 0 saturated heterocycles. The molecule has 5 heteroatoms. The van der Waals surface area contributed by atoms with Crippen LogP contribution in [-0.4, -0.2) is 22.6 Å². The molecule has 11 heavy (non-hydrogen) atoms. The van der Waals surface area contributed by atoms with Crippen molar-refractivity contribution in [3.63, 3.8) is 0 Å². The Hall–Kier alpha value is -1.65. The second kappa shape index (κ2) is 2.53. The van der Waals surface area contributed by atoms with E-state index in [1.165, 1.54) is 0 Å². The van der Waals surface area contributed by atoms with Gasteiger partial charge in [-0.25, -0.2) is 0 Å². The summed E-state index contributed by atoms with van der Waals surface area (Å²) in [6, 6.07) is 0. The quantitative estimate of drug-likeness (QED) is 0.470. The second-order valence-corrected chi connectivity index (χ2v) is 1.87. The van der Waals surface area contributed by atoms with Gasteiger partial charge in [0.25, 0.3) is 17.7 Å². The summed E-state index contributed by atoms with van der Waals surface area (Å²) in [5.74, 6) is -2.25. The van der Waals surface area contributed by atoms with Crippen LogP contribution in [0.4, 0.5) is 0 Å². The van der Waals surface area contributed by atoms with Crippen LogP contribution in [0.3, 0.4) is 0 Å². The fraction of sp³-hybridized carbons (Fsp3) is 0. The lowest BCUT2D eigenvalue weighted by atomic mass is 10.5. The molecule has 2 radical (unpaired) electrons. The van der Waals surface area contributed by atoms with Crippen molar-refractivity contribution in [2.24, 2.45) is 0 Å². The first-order valence-corrected chi connectivity index (χ1v) is 2.77. The van der Waals surface area contributed by atoms with Crippen molar-refractivity contribution < 1.29 is 14.4 Å². The lowest BCUT2D eigenvalue weighted by molar-refractivity contribution is -0.137. The third-order valence-electron chi connectivity index (χ3n) is 1.09. The van der Waals surface area contributed by atoms with E-state index in [4.69, 9.17) is 5.73 Å². The van der Waals surface area contributed by atoms with Gasteiger partial charge in [-0.05, 0) is 0 Å². The van der Waals surface area contributed by atoms with E-state index in [1.54, 1.807) is 0 Å². The Morgan fingerprint density at radius 1 is 1.36 bits per heavy atom. The van der Waals surface area contributed by atoms with Crippen molar-refractivity contribution in [1.82, 2.24) is 10.6 Å². The number of imide groups is 1. The number of rotatable bonds is 2. The number of nitrogens with zero attached hydrogens (tertiary/aromatic N) is 1. The molecule has 1 rings (SSSR count). The minimum atomic E-state index is -1.07. The zero-order valence-corrected chi connectivity index (χ0v) is 5.40. The third kappa shape index (κ3) is 1.43. The molecule has 0 bridgehead atoms. The van der Waals surface area contributed by atoms with Crippen molar-refractivity contribution >= 4 is 17.7 Å². The molecule has 1 N–H and O–H groups in total. The van der Waals surface area contributed by atoms with Crippen LogP contribution in [-0.2, 0) is 14.4 Å². The first kappa shape index (κ1) is 7.46. The van der Waals surface area contributed by atoms with Crippen molar-refractivity contribution in [1.29, 1.82) is 0 Å². The van der Waals surface area contributed by atoms with Gasteiger partial charge in [0.2, 0.25) is 0 Å². The van der Waals surface area contributed by atoms with Crippen LogP contribution in [0.15, 0.2) is 12.2 Å². The second-order valence-electron chi connectivity index (χ2n) is 1.87. The Morgan fingerprint density at radius 3 is 2.18 bits per heavy atom. The summed E-state index contributed by atoms with van der Waals surface area (Å²) < 4.78 is 0. The van der Waals surface area contributed by atoms with Gasteiger partial charge in [-0.1, -0.05) is 0 Å². The minimum absolute atomic E-state index is 0.587. The maximum absolute atomic E-state index is 10.7. The van der Waals surface area contributed by atoms with Crippen LogP contribution in [0, 0.1) is 6.54 Å². The smallest absolute Gasteiger partial charge is 0.264 e. The Bertz CT molecular complexity index is 239. The molecule has 0 aromatic carbocycles. The Labute approximate surface area is 62.5 Å². The van der Waals surface area contributed by atoms with E-state index < -0.39 is 17.7 Å². The summed E-state index contributed by atoms with van der Waals surface area (Å²) in [7, 11) is 0. The standard InChI is InChI=1S/C6H4N2O3/c7-4(9)3-8-5(10)1-2-6(8)11/h1-3,7H. The van der Waals surface area contributed by atoms with Gasteiger partial charge in [0.1, 0.15) is 0 Å². The normalized spacial score (nSPS) is 16.2. The van der Waals surface area contributed by atoms with Gasteiger partial charge in [0.05, 0.1) is 0 Å². The van der Waals surface area contributed by atoms with E-state index in [9.17, 15) is 14.4 Å². The van der Waals surface area contributed by atoms with Gasteiger partial charge in [-0.2, -0.15) is 0 Å². The molecule has 1 aliphatic rings. The first-order valence-electron chi connectivity index (χ1n) is 2.77. The first-order chi connectivity index (χ1) is 5.11. The van der Waals surface area contributed by atoms with E-state index in [1.807, 2.05) is 0 Å². The van der Waals surface area contributed by atoms with Crippen molar-refractivity contribution in [3.05, 3.63) is 18.7 Å². The van der Waals surface area contributed by atoms with E-state index >= 15 is 0 Å². The number of carbonyl (C=O) groups is 3. The van der Waals surface area contributed by atoms with Crippen LogP contribution in [0.1, 0.15) is 0 Å². The molecule has 0 spiro atoms. The van der Waals surface area contributed by atoms with Crippen LogP contribution in [0.5, 0.6) is 0 Å². The van der Waals surface area contributed by atoms with Gasteiger partial charge in [-0.3, -0.25) is 25.0 Å². The third-order valence-corrected chi connectivity index (χ3v) is 1.09. The fourth-order valence-corrected chi connectivity index (χ4v) is 0.656. The predicted molar refractivity (Wildman–Crippen MR) is 33.4 cm³/mol. The predicted octanol–water partition coefficient (Wildman–Crippen LogP) is -1.12. The number of carbonyl (C=O) groups excluding carboxylic acids is 3. The lowest BCUT2D eigenvalue weighted by Gasteiger charge is -2.08. The summed E-state index contributed by atoms with van der Waals surface area (Å²) in [6.45, 7) is 0.644. The lowest BCUT2D eigenvalue weighted by Crippen LogP contribution is -2.30. The summed E-state index contributed by atoms with van der Waals surface area (Å²) >= 11 is 0. The highest BCUT2D eigenvalue weighted by Crippen LogP contribution is 2.04. The van der Waals surface area contributed by atoms with Gasteiger partial charge in [0, 0.05) is 12.2 Å². The molecule has 1 heterocycles. The van der Waals surface area contributed by atoms with Crippen molar-refractivity contribution in [3.8, 4) is 0 Å². The van der Waals surface area contributed by atoms with E-state index in [-0.39, 0.29) is 0 Å². The highest BCUT2D eigenvalue weighted by Gasteiger charge is 2.25. The van der Waals surface area contributed by atoms with Crippen molar-refractivity contribution in [2.75, 3.05) is 0 Å². The molecule has 56 valence electrons. The molecule has 0 unspecified atom stereocenters. The molecular weight excluding hydrogens is 148 g/mol. The molecule has 0 aromatic rings. The largest absolute Gasteiger partial charge is 0.271 e. The molecular formula is C6H4N2O3. The molecule has 0 saturated carbocycles. The monoisotopic (exact) mass is 152 g/mol. The van der Waals surface area contributed by atoms with Crippen LogP contribution in [0.2, 0.25) is 0 Å². The zero-order chi connectivity index (χ0) is 8.43. The Balaban J connectivity index is 2.66. The van der Waals surface area contributed by atoms with Gasteiger partial charge in [0.15, 0.2) is 6.54 Å². The fourth-order valence-electron chi connectivity index (χ4n) is 0.656. The number of amides is 3. The molecule has 0 fully saturated rings. The topological polar surface area (TPSA) is 78.2 Å². The molecule has 3 amide bonds. The summed E-state index contributed by atoms with van der Waals surface area (Å²) in [5, 5.41) is 0. The molecule has 0 aromatic heterocycles. The molecule has 0 atom stereocenters. The molecule has 1 aliphatic heterocycles. The Morgan fingerprint density at radius 2 is 1.82 bits per heavy atom. The highest BCUT2D eigenvalue weighted by atomic mass is 16.2.